The Labute approximate surface area is 107 Å². The van der Waals surface area contributed by atoms with Crippen LogP contribution in [0.5, 0.6) is 11.5 Å². The first-order chi connectivity index (χ1) is 8.92. The summed E-state index contributed by atoms with van der Waals surface area (Å²) >= 11 is 0. The number of ether oxygens (including phenoxy) is 2. The first-order valence-corrected chi connectivity index (χ1v) is 7.03. The van der Waals surface area contributed by atoms with Crippen LogP contribution in [0.2, 0.25) is 0 Å². The molecule has 0 amide bonds. The summed E-state index contributed by atoms with van der Waals surface area (Å²) in [5.41, 5.74) is 1.23. The molecule has 3 nitrogen and oxygen atoms in total. The van der Waals surface area contributed by atoms with Crippen LogP contribution in [0, 0.1) is 11.8 Å². The van der Waals surface area contributed by atoms with Crippen molar-refractivity contribution in [1.29, 1.82) is 0 Å². The molecule has 0 unspecified atom stereocenters. The molecule has 0 radical (unpaired) electrons. The third-order valence-corrected chi connectivity index (χ3v) is 4.27. The van der Waals surface area contributed by atoms with E-state index < -0.39 is 0 Å². The van der Waals surface area contributed by atoms with E-state index >= 15 is 0 Å². The van der Waals surface area contributed by atoms with Crippen molar-refractivity contribution in [1.82, 2.24) is 5.32 Å². The SMILES string of the molecule is c1cc(CNC(C2CC2)C2CC2)c2c(c1)OCO2. The third kappa shape index (κ3) is 1.97. The van der Waals surface area contributed by atoms with Crippen LogP contribution < -0.4 is 14.8 Å². The summed E-state index contributed by atoms with van der Waals surface area (Å²) in [5.74, 6) is 3.71. The molecule has 2 aliphatic carbocycles. The van der Waals surface area contributed by atoms with E-state index in [1.54, 1.807) is 0 Å². The Balaban J connectivity index is 1.46. The number of hydrogen-bond acceptors (Lipinski definition) is 3. The number of nitrogens with one attached hydrogen (secondary N) is 1. The van der Waals surface area contributed by atoms with Crippen molar-refractivity contribution >= 4 is 0 Å². The van der Waals surface area contributed by atoms with E-state index in [4.69, 9.17) is 9.47 Å². The lowest BCUT2D eigenvalue weighted by Crippen LogP contribution is -2.32. The van der Waals surface area contributed by atoms with Crippen LogP contribution in [0.4, 0.5) is 0 Å². The largest absolute Gasteiger partial charge is 0.454 e. The van der Waals surface area contributed by atoms with Gasteiger partial charge in [-0.15, -0.1) is 0 Å². The molecule has 1 heterocycles. The summed E-state index contributed by atoms with van der Waals surface area (Å²) < 4.78 is 11.0. The van der Waals surface area contributed by atoms with Gasteiger partial charge in [0.05, 0.1) is 0 Å². The molecule has 0 atom stereocenters. The number of hydrogen-bond donors (Lipinski definition) is 1. The molecule has 2 fully saturated rings. The molecule has 2 saturated carbocycles. The van der Waals surface area contributed by atoms with Crippen LogP contribution in [-0.4, -0.2) is 12.8 Å². The van der Waals surface area contributed by atoms with Crippen LogP contribution in [0.1, 0.15) is 31.2 Å². The highest BCUT2D eigenvalue weighted by Gasteiger charge is 2.41. The van der Waals surface area contributed by atoms with Crippen LogP contribution in [0.3, 0.4) is 0 Å². The molecule has 0 bridgehead atoms. The molecule has 0 aromatic heterocycles. The molecule has 18 heavy (non-hydrogen) atoms. The smallest absolute Gasteiger partial charge is 0.231 e. The zero-order valence-electron chi connectivity index (χ0n) is 10.5. The van der Waals surface area contributed by atoms with Crippen molar-refractivity contribution in [2.45, 2.75) is 38.3 Å². The predicted molar refractivity (Wildman–Crippen MR) is 68.6 cm³/mol. The molecular weight excluding hydrogens is 226 g/mol. The van der Waals surface area contributed by atoms with E-state index in [1.165, 1.54) is 31.2 Å². The molecule has 0 spiro atoms. The van der Waals surface area contributed by atoms with Gasteiger partial charge < -0.3 is 14.8 Å². The highest BCUT2D eigenvalue weighted by molar-refractivity contribution is 5.48. The lowest BCUT2D eigenvalue weighted by molar-refractivity contribution is 0.173. The Morgan fingerprint density at radius 2 is 1.89 bits per heavy atom. The zero-order valence-corrected chi connectivity index (χ0v) is 10.5. The Hall–Kier alpha value is -1.22. The number of benzene rings is 1. The second-order valence-electron chi connectivity index (χ2n) is 5.73. The van der Waals surface area contributed by atoms with Gasteiger partial charge in [-0.2, -0.15) is 0 Å². The van der Waals surface area contributed by atoms with Gasteiger partial charge in [-0.1, -0.05) is 12.1 Å². The molecule has 1 aliphatic heterocycles. The minimum atomic E-state index is 0.362. The van der Waals surface area contributed by atoms with Gasteiger partial charge in [0.25, 0.3) is 0 Å². The third-order valence-electron chi connectivity index (χ3n) is 4.27. The van der Waals surface area contributed by atoms with Crippen molar-refractivity contribution in [3.63, 3.8) is 0 Å². The maximum Gasteiger partial charge on any atom is 0.231 e. The number of para-hydroxylation sites is 1. The summed E-state index contributed by atoms with van der Waals surface area (Å²) in [6.07, 6.45) is 5.67. The lowest BCUT2D eigenvalue weighted by atomic mass is 10.1. The Morgan fingerprint density at radius 3 is 2.61 bits per heavy atom. The average Bonchev–Trinajstić information content (AvgIpc) is 3.30. The van der Waals surface area contributed by atoms with E-state index in [-0.39, 0.29) is 0 Å². The van der Waals surface area contributed by atoms with E-state index in [0.29, 0.717) is 6.79 Å². The van der Waals surface area contributed by atoms with Crippen molar-refractivity contribution in [3.8, 4) is 11.5 Å². The van der Waals surface area contributed by atoms with Crippen LogP contribution in [0.15, 0.2) is 18.2 Å². The summed E-state index contributed by atoms with van der Waals surface area (Å²) in [7, 11) is 0. The first-order valence-electron chi connectivity index (χ1n) is 7.03. The quantitative estimate of drug-likeness (QED) is 0.865. The second kappa shape index (κ2) is 4.16. The zero-order chi connectivity index (χ0) is 11.9. The fraction of sp³-hybridized carbons (Fsp3) is 0.600. The number of rotatable bonds is 5. The summed E-state index contributed by atoms with van der Waals surface area (Å²) in [6, 6.07) is 6.90. The topological polar surface area (TPSA) is 30.5 Å². The molecule has 1 aromatic rings. The van der Waals surface area contributed by atoms with Gasteiger partial charge >= 0.3 is 0 Å². The second-order valence-corrected chi connectivity index (χ2v) is 5.73. The highest BCUT2D eigenvalue weighted by atomic mass is 16.7. The first kappa shape index (κ1) is 10.7. The minimum absolute atomic E-state index is 0.362. The maximum atomic E-state index is 5.55. The van der Waals surface area contributed by atoms with Gasteiger partial charge in [-0.05, 0) is 43.6 Å². The summed E-state index contributed by atoms with van der Waals surface area (Å²) in [6.45, 7) is 1.27. The van der Waals surface area contributed by atoms with Crippen molar-refractivity contribution in [3.05, 3.63) is 23.8 Å². The van der Waals surface area contributed by atoms with Gasteiger partial charge in [0.1, 0.15) is 0 Å². The van der Waals surface area contributed by atoms with E-state index in [9.17, 15) is 0 Å². The molecule has 0 saturated heterocycles. The minimum Gasteiger partial charge on any atom is -0.454 e. The molecule has 1 aromatic carbocycles. The molecule has 1 N–H and O–H groups in total. The van der Waals surface area contributed by atoms with Crippen LogP contribution in [0.25, 0.3) is 0 Å². The summed E-state index contributed by atoms with van der Waals surface area (Å²) in [4.78, 5) is 0. The maximum absolute atomic E-state index is 5.55. The van der Waals surface area contributed by atoms with Crippen molar-refractivity contribution < 1.29 is 9.47 Å². The molecular formula is C15H19NO2. The van der Waals surface area contributed by atoms with Crippen molar-refractivity contribution in [2.75, 3.05) is 6.79 Å². The van der Waals surface area contributed by atoms with Crippen LogP contribution >= 0.6 is 0 Å². The van der Waals surface area contributed by atoms with Crippen molar-refractivity contribution in [2.24, 2.45) is 11.8 Å². The Kier molecular flexibility index (Phi) is 2.47. The van der Waals surface area contributed by atoms with Gasteiger partial charge in [0.2, 0.25) is 6.79 Å². The summed E-state index contributed by atoms with van der Waals surface area (Å²) in [5, 5.41) is 3.75. The monoisotopic (exact) mass is 245 g/mol. The molecule has 96 valence electrons. The molecule has 4 rings (SSSR count). The lowest BCUT2D eigenvalue weighted by Gasteiger charge is -2.18. The molecule has 3 aliphatic rings. The van der Waals surface area contributed by atoms with Gasteiger partial charge in [-0.3, -0.25) is 0 Å². The fourth-order valence-electron chi connectivity index (χ4n) is 2.99. The Morgan fingerprint density at radius 1 is 1.11 bits per heavy atom. The van der Waals surface area contributed by atoms with Crippen LogP contribution in [-0.2, 0) is 6.54 Å². The standard InChI is InChI=1S/C15H19NO2/c1-2-12(15-13(3-1)17-9-18-15)8-16-14(10-4-5-10)11-6-7-11/h1-3,10-11,14,16H,4-9H2. The highest BCUT2D eigenvalue weighted by Crippen LogP contribution is 2.45. The van der Waals surface area contributed by atoms with E-state index in [1.807, 2.05) is 12.1 Å². The van der Waals surface area contributed by atoms with Gasteiger partial charge in [0.15, 0.2) is 11.5 Å². The van der Waals surface area contributed by atoms with E-state index in [2.05, 4.69) is 11.4 Å². The van der Waals surface area contributed by atoms with E-state index in [0.717, 1.165) is 35.9 Å². The van der Waals surface area contributed by atoms with Gasteiger partial charge in [-0.25, -0.2) is 0 Å². The normalized spacial score (nSPS) is 21.6. The van der Waals surface area contributed by atoms with Gasteiger partial charge in [0, 0.05) is 18.2 Å². The Bertz CT molecular complexity index is 440. The average molecular weight is 245 g/mol. The predicted octanol–water partition coefficient (Wildman–Crippen LogP) is 2.69. The number of fused-ring (bicyclic) bond motifs is 1. The fourth-order valence-corrected chi connectivity index (χ4v) is 2.99. The molecule has 3 heteroatoms.